The van der Waals surface area contributed by atoms with Crippen LogP contribution in [0, 0.1) is 17.4 Å². The maximum Gasteiger partial charge on any atom is 0.192 e. The highest BCUT2D eigenvalue weighted by atomic mass is 28.4. The van der Waals surface area contributed by atoms with Gasteiger partial charge in [-0.25, -0.2) is 0 Å². The number of hydrogen-bond donors (Lipinski definition) is 1. The summed E-state index contributed by atoms with van der Waals surface area (Å²) in [7, 11) is -3.24. The Morgan fingerprint density at radius 1 is 1.00 bits per heavy atom. The largest absolute Gasteiger partial charge is 0.414 e. The molecule has 0 aliphatic heterocycles. The Kier molecular flexibility index (Phi) is 8.11. The molecule has 0 spiro atoms. The van der Waals surface area contributed by atoms with E-state index in [9.17, 15) is 5.11 Å². The van der Waals surface area contributed by atoms with E-state index in [4.69, 9.17) is 4.43 Å². The smallest absolute Gasteiger partial charge is 0.192 e. The van der Waals surface area contributed by atoms with E-state index in [0.29, 0.717) is 12.3 Å². The number of hydrogen-bond acceptors (Lipinski definition) is 2. The van der Waals surface area contributed by atoms with Crippen LogP contribution < -0.4 is 0 Å². The van der Waals surface area contributed by atoms with Gasteiger partial charge in [0.1, 0.15) is 14.2 Å². The topological polar surface area (TPSA) is 29.5 Å². The van der Waals surface area contributed by atoms with Crippen molar-refractivity contribution in [1.29, 1.82) is 0 Å². The van der Waals surface area contributed by atoms with Crippen LogP contribution in [0.4, 0.5) is 0 Å². The molecule has 2 atom stereocenters. The normalized spacial score (nSPS) is 16.2. The van der Waals surface area contributed by atoms with Gasteiger partial charge in [0.05, 0.1) is 0 Å². The molecule has 22 heavy (non-hydrogen) atoms. The third-order valence-corrected chi connectivity index (χ3v) is 9.53. The first-order chi connectivity index (χ1) is 9.64. The summed E-state index contributed by atoms with van der Waals surface area (Å²) >= 11 is 0. The lowest BCUT2D eigenvalue weighted by Crippen LogP contribution is -2.45. The molecule has 4 heteroatoms. The van der Waals surface area contributed by atoms with Gasteiger partial charge >= 0.3 is 0 Å². The quantitative estimate of drug-likeness (QED) is 0.540. The van der Waals surface area contributed by atoms with E-state index >= 15 is 0 Å². The van der Waals surface area contributed by atoms with Crippen molar-refractivity contribution in [3.8, 4) is 11.5 Å². The minimum Gasteiger partial charge on any atom is -0.414 e. The van der Waals surface area contributed by atoms with Crippen molar-refractivity contribution in [1.82, 2.24) is 0 Å². The van der Waals surface area contributed by atoms with Crippen LogP contribution in [0.15, 0.2) is 0 Å². The van der Waals surface area contributed by atoms with E-state index in [1.165, 1.54) is 0 Å². The maximum absolute atomic E-state index is 10.3. The Labute approximate surface area is 141 Å². The molecule has 1 N–H and O–H groups in total. The zero-order valence-corrected chi connectivity index (χ0v) is 18.5. The summed E-state index contributed by atoms with van der Waals surface area (Å²) in [6, 6.07) is 0. The van der Waals surface area contributed by atoms with E-state index in [2.05, 4.69) is 78.8 Å². The molecule has 0 aliphatic rings. The van der Waals surface area contributed by atoms with E-state index < -0.39 is 22.5 Å². The first-order valence-electron chi connectivity index (χ1n) is 8.52. The van der Waals surface area contributed by atoms with Crippen molar-refractivity contribution in [2.24, 2.45) is 5.92 Å². The highest BCUT2D eigenvalue weighted by Crippen LogP contribution is 2.38. The molecule has 0 saturated carbocycles. The maximum atomic E-state index is 10.3. The summed E-state index contributed by atoms with van der Waals surface area (Å²) in [6.45, 7) is 22.3. The van der Waals surface area contributed by atoms with Gasteiger partial charge in [0.15, 0.2) is 8.32 Å². The molecule has 0 aliphatic carbocycles. The molecule has 0 amide bonds. The molecule has 130 valence electrons. The van der Waals surface area contributed by atoms with Crippen LogP contribution in [0.1, 0.15) is 47.5 Å². The van der Waals surface area contributed by atoms with Crippen LogP contribution in [0.2, 0.25) is 37.8 Å². The fraction of sp³-hybridized carbons (Fsp3) is 0.889. The Balaban J connectivity index is 4.96. The predicted molar refractivity (Wildman–Crippen MR) is 103 cm³/mol. The molecule has 0 aromatic heterocycles. The highest BCUT2D eigenvalue weighted by Gasteiger charge is 2.39. The van der Waals surface area contributed by atoms with Gasteiger partial charge in [-0.05, 0) is 30.5 Å². The number of aliphatic hydroxyl groups excluding tert-OH is 1. The van der Waals surface area contributed by atoms with Crippen molar-refractivity contribution >= 4 is 16.4 Å². The summed E-state index contributed by atoms with van der Waals surface area (Å²) in [5, 5.41) is 10.5. The minimum atomic E-state index is -1.81. The molecule has 0 saturated heterocycles. The zero-order chi connectivity index (χ0) is 17.8. The van der Waals surface area contributed by atoms with Crippen LogP contribution in [0.5, 0.6) is 0 Å². The van der Waals surface area contributed by atoms with Gasteiger partial charge in [0.25, 0.3) is 0 Å². The molecule has 0 fully saturated rings. The Bertz CT molecular complexity index is 392. The molecule has 0 bridgehead atoms. The summed E-state index contributed by atoms with van der Waals surface area (Å²) in [5.74, 6) is 3.62. The molecular formula is C18H38O2Si2. The van der Waals surface area contributed by atoms with E-state index in [-0.39, 0.29) is 11.1 Å². The summed E-state index contributed by atoms with van der Waals surface area (Å²) < 4.78 is 6.54. The van der Waals surface area contributed by atoms with E-state index in [0.717, 1.165) is 6.42 Å². The van der Waals surface area contributed by atoms with Gasteiger partial charge in [0, 0.05) is 12.5 Å². The van der Waals surface area contributed by atoms with Crippen molar-refractivity contribution < 1.29 is 9.53 Å². The lowest BCUT2D eigenvalue weighted by Gasteiger charge is -2.40. The van der Waals surface area contributed by atoms with Crippen molar-refractivity contribution in [3.63, 3.8) is 0 Å². The van der Waals surface area contributed by atoms with E-state index in [1.54, 1.807) is 0 Å². The predicted octanol–water partition coefficient (Wildman–Crippen LogP) is 5.05. The Hall–Kier alpha value is -0.0862. The first-order valence-corrected chi connectivity index (χ1v) is 14.9. The molecular weight excluding hydrogens is 304 g/mol. The SMILES string of the molecule is CC(C)C[C@H](C[C@H](O)C#C[Si](C)(C)C)O[Si](C)(C)C(C)(C)C. The first kappa shape index (κ1) is 21.9. The molecule has 0 aromatic rings. The van der Waals surface area contributed by atoms with Crippen molar-refractivity contribution in [2.75, 3.05) is 0 Å². The third kappa shape index (κ3) is 9.14. The summed E-state index contributed by atoms with van der Waals surface area (Å²) in [6.07, 6.45) is 1.15. The van der Waals surface area contributed by atoms with Crippen LogP contribution >= 0.6 is 0 Å². The molecule has 0 aromatic carbocycles. The minimum absolute atomic E-state index is 0.104. The van der Waals surface area contributed by atoms with E-state index in [1.807, 2.05) is 0 Å². The molecule has 0 unspecified atom stereocenters. The average molecular weight is 343 g/mol. The van der Waals surface area contributed by atoms with Gasteiger partial charge in [0.2, 0.25) is 0 Å². The zero-order valence-electron chi connectivity index (χ0n) is 16.5. The second kappa shape index (κ2) is 8.14. The lowest BCUT2D eigenvalue weighted by molar-refractivity contribution is 0.0989. The average Bonchev–Trinajstić information content (AvgIpc) is 2.22. The standard InChI is InChI=1S/C18H38O2Si2/c1-15(2)13-17(20-22(9,10)18(3,4)5)14-16(19)11-12-21(6,7)8/h15-17,19H,13-14H2,1-10H3/t16-,17-/m1/s1. The summed E-state index contributed by atoms with van der Waals surface area (Å²) in [5.41, 5.74) is 3.27. The van der Waals surface area contributed by atoms with Crippen LogP contribution in [-0.4, -0.2) is 33.7 Å². The fourth-order valence-corrected chi connectivity index (χ4v) is 3.90. The Morgan fingerprint density at radius 2 is 1.50 bits per heavy atom. The Morgan fingerprint density at radius 3 is 1.86 bits per heavy atom. The second-order valence-corrected chi connectivity index (χ2v) is 18.9. The monoisotopic (exact) mass is 342 g/mol. The fourth-order valence-electron chi connectivity index (χ4n) is 1.92. The molecule has 0 heterocycles. The van der Waals surface area contributed by atoms with Gasteiger partial charge in [-0.2, -0.15) is 0 Å². The molecule has 0 radical (unpaired) electrons. The molecule has 0 rings (SSSR count). The van der Waals surface area contributed by atoms with Gasteiger partial charge < -0.3 is 9.53 Å². The number of aliphatic hydroxyl groups is 1. The number of rotatable bonds is 6. The van der Waals surface area contributed by atoms with Crippen LogP contribution in [0.25, 0.3) is 0 Å². The van der Waals surface area contributed by atoms with Crippen molar-refractivity contribution in [3.05, 3.63) is 0 Å². The molecule has 2 nitrogen and oxygen atoms in total. The third-order valence-electron chi connectivity index (χ3n) is 4.10. The summed E-state index contributed by atoms with van der Waals surface area (Å²) in [4.78, 5) is 0. The van der Waals surface area contributed by atoms with Gasteiger partial charge in [-0.3, -0.25) is 0 Å². The van der Waals surface area contributed by atoms with Crippen LogP contribution in [0.3, 0.4) is 0 Å². The lowest BCUT2D eigenvalue weighted by atomic mass is 10.0. The van der Waals surface area contributed by atoms with Gasteiger partial charge in [-0.15, -0.1) is 5.54 Å². The second-order valence-electron chi connectivity index (χ2n) is 9.40. The highest BCUT2D eigenvalue weighted by molar-refractivity contribution is 6.83. The van der Waals surface area contributed by atoms with Crippen LogP contribution in [-0.2, 0) is 4.43 Å². The van der Waals surface area contributed by atoms with Crippen molar-refractivity contribution in [2.45, 2.75) is 97.4 Å². The van der Waals surface area contributed by atoms with Gasteiger partial charge in [-0.1, -0.05) is 60.2 Å².